The van der Waals surface area contributed by atoms with Crippen LogP contribution < -0.4 is 11.4 Å². The largest absolute Gasteiger partial charge is 0.384 e. The van der Waals surface area contributed by atoms with Gasteiger partial charge in [0.2, 0.25) is 0 Å². The third-order valence-corrected chi connectivity index (χ3v) is 3.30. The van der Waals surface area contributed by atoms with Gasteiger partial charge < -0.3 is 10.7 Å². The average molecular weight is 269 g/mol. The van der Waals surface area contributed by atoms with Gasteiger partial charge in [-0.25, -0.2) is 4.79 Å². The number of nitrogen functional groups attached to an aromatic ring is 1. The lowest BCUT2D eigenvalue weighted by Gasteiger charge is -2.04. The highest BCUT2D eigenvalue weighted by atomic mass is 16.1. The monoisotopic (exact) mass is 269 g/mol. The van der Waals surface area contributed by atoms with Crippen LogP contribution in [0.25, 0.3) is 16.9 Å². The molecule has 2 heterocycles. The Bertz CT molecular complexity index is 787. The molecule has 0 saturated carbocycles. The van der Waals surface area contributed by atoms with Gasteiger partial charge in [-0.05, 0) is 19.1 Å². The summed E-state index contributed by atoms with van der Waals surface area (Å²) in [5, 5.41) is 4.32. The number of anilines is 1. The number of nitrogens with zero attached hydrogens (tertiary/aromatic N) is 3. The van der Waals surface area contributed by atoms with Gasteiger partial charge in [0.15, 0.2) is 0 Å². The molecule has 102 valence electrons. The van der Waals surface area contributed by atoms with Crippen LogP contribution in [0, 0.1) is 6.92 Å². The Hall–Kier alpha value is -2.76. The summed E-state index contributed by atoms with van der Waals surface area (Å²) in [7, 11) is 1.80. The van der Waals surface area contributed by atoms with Gasteiger partial charge in [0.1, 0.15) is 5.82 Å². The van der Waals surface area contributed by atoms with E-state index in [1.807, 2.05) is 37.3 Å². The van der Waals surface area contributed by atoms with Gasteiger partial charge in [-0.3, -0.25) is 9.25 Å². The Morgan fingerprint density at radius 2 is 1.95 bits per heavy atom. The van der Waals surface area contributed by atoms with E-state index >= 15 is 0 Å². The molecule has 6 nitrogen and oxygen atoms in total. The molecule has 0 bridgehead atoms. The fourth-order valence-corrected chi connectivity index (χ4v) is 2.18. The molecule has 0 saturated heterocycles. The molecule has 0 atom stereocenters. The minimum Gasteiger partial charge on any atom is -0.384 e. The fraction of sp³-hybridized carbons (Fsp3) is 0.143. The number of aromatic nitrogens is 4. The first kappa shape index (κ1) is 12.3. The summed E-state index contributed by atoms with van der Waals surface area (Å²) in [6.45, 7) is 1.88. The first-order valence-corrected chi connectivity index (χ1v) is 6.23. The summed E-state index contributed by atoms with van der Waals surface area (Å²) in [6.07, 6.45) is 1.69. The van der Waals surface area contributed by atoms with Crippen molar-refractivity contribution in [3.8, 4) is 16.9 Å². The van der Waals surface area contributed by atoms with Crippen LogP contribution in [-0.4, -0.2) is 19.3 Å². The van der Waals surface area contributed by atoms with Crippen molar-refractivity contribution in [2.75, 3.05) is 5.73 Å². The van der Waals surface area contributed by atoms with Crippen molar-refractivity contribution in [1.82, 2.24) is 19.3 Å². The minimum absolute atomic E-state index is 0.141. The van der Waals surface area contributed by atoms with Crippen molar-refractivity contribution in [2.24, 2.45) is 7.05 Å². The van der Waals surface area contributed by atoms with Crippen LogP contribution in [-0.2, 0) is 7.05 Å². The Balaban J connectivity index is 2.02. The van der Waals surface area contributed by atoms with Crippen molar-refractivity contribution < 1.29 is 0 Å². The van der Waals surface area contributed by atoms with E-state index in [-0.39, 0.29) is 5.69 Å². The van der Waals surface area contributed by atoms with Gasteiger partial charge >= 0.3 is 5.69 Å². The molecule has 3 N–H and O–H groups in total. The maximum Gasteiger partial charge on any atom is 0.330 e. The zero-order valence-corrected chi connectivity index (χ0v) is 11.3. The number of imidazole rings is 1. The number of benzene rings is 1. The van der Waals surface area contributed by atoms with Crippen LogP contribution in [0.2, 0.25) is 0 Å². The molecule has 2 aromatic heterocycles. The molecule has 3 aromatic rings. The van der Waals surface area contributed by atoms with Gasteiger partial charge in [0, 0.05) is 30.6 Å². The number of nitrogens with two attached hydrogens (primary N) is 1. The van der Waals surface area contributed by atoms with Gasteiger partial charge in [-0.2, -0.15) is 5.10 Å². The predicted molar refractivity (Wildman–Crippen MR) is 77.7 cm³/mol. The first-order valence-electron chi connectivity index (χ1n) is 6.23. The number of hydrogen-bond donors (Lipinski definition) is 2. The molecule has 6 heteroatoms. The van der Waals surface area contributed by atoms with E-state index < -0.39 is 0 Å². The molecule has 0 amide bonds. The van der Waals surface area contributed by atoms with E-state index in [1.54, 1.807) is 22.5 Å². The number of aryl methyl sites for hydroxylation is 2. The third-order valence-electron chi connectivity index (χ3n) is 3.30. The average Bonchev–Trinajstić information content (AvgIpc) is 2.94. The molecular weight excluding hydrogens is 254 g/mol. The second-order valence-corrected chi connectivity index (χ2v) is 4.70. The second-order valence-electron chi connectivity index (χ2n) is 4.70. The summed E-state index contributed by atoms with van der Waals surface area (Å²) < 4.78 is 3.25. The van der Waals surface area contributed by atoms with Gasteiger partial charge in [0.05, 0.1) is 11.4 Å². The molecule has 0 aliphatic carbocycles. The van der Waals surface area contributed by atoms with Gasteiger partial charge in [0.25, 0.3) is 0 Å². The van der Waals surface area contributed by atoms with Crippen molar-refractivity contribution in [1.29, 1.82) is 0 Å². The standard InChI is InChI=1S/C14H15N5O/c1-9-8-16-14(20)19(9)11-5-3-10(4-6-11)12-7-13(15)18(2)17-12/h3-8H,15H2,1-2H3,(H,16,20). The summed E-state index contributed by atoms with van der Waals surface area (Å²) in [6, 6.07) is 9.46. The number of nitrogens with one attached hydrogen (secondary N) is 1. The molecule has 3 rings (SSSR count). The number of hydrogen-bond acceptors (Lipinski definition) is 3. The van der Waals surface area contributed by atoms with Crippen molar-refractivity contribution in [3.63, 3.8) is 0 Å². The van der Waals surface area contributed by atoms with Crippen LogP contribution in [0.15, 0.2) is 41.3 Å². The van der Waals surface area contributed by atoms with Crippen LogP contribution in [0.5, 0.6) is 0 Å². The molecule has 0 aliphatic rings. The topological polar surface area (TPSA) is 81.6 Å². The minimum atomic E-state index is -0.141. The molecule has 1 aromatic carbocycles. The van der Waals surface area contributed by atoms with E-state index in [9.17, 15) is 4.79 Å². The Morgan fingerprint density at radius 1 is 1.25 bits per heavy atom. The van der Waals surface area contributed by atoms with Crippen LogP contribution in [0.3, 0.4) is 0 Å². The van der Waals surface area contributed by atoms with Crippen molar-refractivity contribution in [3.05, 3.63) is 52.7 Å². The molecular formula is C14H15N5O. The smallest absolute Gasteiger partial charge is 0.330 e. The lowest BCUT2D eigenvalue weighted by atomic mass is 10.1. The highest BCUT2D eigenvalue weighted by Crippen LogP contribution is 2.21. The molecule has 0 aliphatic heterocycles. The maximum absolute atomic E-state index is 11.7. The van der Waals surface area contributed by atoms with Crippen molar-refractivity contribution >= 4 is 5.82 Å². The van der Waals surface area contributed by atoms with E-state index in [2.05, 4.69) is 10.1 Å². The summed E-state index contributed by atoms with van der Waals surface area (Å²) in [5.74, 6) is 0.613. The number of H-pyrrole nitrogens is 1. The Labute approximate surface area is 115 Å². The predicted octanol–water partition coefficient (Wildman–Crippen LogP) is 1.46. The van der Waals surface area contributed by atoms with E-state index in [4.69, 9.17) is 5.73 Å². The lowest BCUT2D eigenvalue weighted by molar-refractivity contribution is 0.782. The lowest BCUT2D eigenvalue weighted by Crippen LogP contribution is -2.15. The van der Waals surface area contributed by atoms with Crippen LogP contribution in [0.4, 0.5) is 5.82 Å². The molecule has 20 heavy (non-hydrogen) atoms. The molecule has 0 radical (unpaired) electrons. The van der Waals surface area contributed by atoms with Crippen LogP contribution in [0.1, 0.15) is 5.69 Å². The highest BCUT2D eigenvalue weighted by Gasteiger charge is 2.07. The quantitative estimate of drug-likeness (QED) is 0.739. The Kier molecular flexibility index (Phi) is 2.71. The van der Waals surface area contributed by atoms with Crippen molar-refractivity contribution in [2.45, 2.75) is 6.92 Å². The normalized spacial score (nSPS) is 10.9. The summed E-state index contributed by atoms with van der Waals surface area (Å²) >= 11 is 0. The maximum atomic E-state index is 11.7. The zero-order chi connectivity index (χ0) is 14.3. The second kappa shape index (κ2) is 4.41. The molecule has 0 spiro atoms. The van der Waals surface area contributed by atoms with E-state index in [0.29, 0.717) is 5.82 Å². The van der Waals surface area contributed by atoms with Crippen LogP contribution >= 0.6 is 0 Å². The van der Waals surface area contributed by atoms with E-state index in [1.165, 1.54) is 0 Å². The van der Waals surface area contributed by atoms with E-state index in [0.717, 1.165) is 22.6 Å². The Morgan fingerprint density at radius 3 is 2.45 bits per heavy atom. The molecule has 0 unspecified atom stereocenters. The number of aromatic amines is 1. The zero-order valence-electron chi connectivity index (χ0n) is 11.3. The summed E-state index contributed by atoms with van der Waals surface area (Å²) in [5.41, 5.74) is 9.10. The van der Waals surface area contributed by atoms with Gasteiger partial charge in [-0.1, -0.05) is 12.1 Å². The number of rotatable bonds is 2. The summed E-state index contributed by atoms with van der Waals surface area (Å²) in [4.78, 5) is 14.4. The first-order chi connectivity index (χ1) is 9.56. The fourth-order valence-electron chi connectivity index (χ4n) is 2.18. The molecule has 0 fully saturated rings. The highest BCUT2D eigenvalue weighted by molar-refractivity contribution is 5.63. The third kappa shape index (κ3) is 1.91. The SMILES string of the molecule is Cc1c[nH]c(=O)n1-c1ccc(-c2cc(N)n(C)n2)cc1. The van der Waals surface area contributed by atoms with Gasteiger partial charge in [-0.15, -0.1) is 0 Å².